The van der Waals surface area contributed by atoms with Gasteiger partial charge in [0, 0.05) is 6.20 Å². The summed E-state index contributed by atoms with van der Waals surface area (Å²) in [6, 6.07) is 17.4. The number of pyridine rings is 1. The van der Waals surface area contributed by atoms with Gasteiger partial charge in [-0.25, -0.2) is 23.3 Å². The van der Waals surface area contributed by atoms with Crippen LogP contribution in [0.4, 0.5) is 10.1 Å². The van der Waals surface area contributed by atoms with Gasteiger partial charge in [-0.1, -0.05) is 30.3 Å². The van der Waals surface area contributed by atoms with Gasteiger partial charge in [-0.05, 0) is 36.4 Å². The third-order valence-corrected chi connectivity index (χ3v) is 4.36. The van der Waals surface area contributed by atoms with Crippen molar-refractivity contribution in [1.29, 1.82) is 0 Å². The number of halogens is 1. The van der Waals surface area contributed by atoms with Crippen LogP contribution in [0.3, 0.4) is 0 Å². The van der Waals surface area contributed by atoms with E-state index in [0.29, 0.717) is 5.69 Å². The Kier molecular flexibility index (Phi) is 4.74. The van der Waals surface area contributed by atoms with E-state index in [1.165, 1.54) is 35.0 Å². The van der Waals surface area contributed by atoms with Crippen LogP contribution in [-0.2, 0) is 11.3 Å². The summed E-state index contributed by atoms with van der Waals surface area (Å²) in [5.41, 5.74) is -0.689. The van der Waals surface area contributed by atoms with Crippen LogP contribution < -0.4 is 16.6 Å². The zero-order valence-corrected chi connectivity index (χ0v) is 15.1. The molecule has 29 heavy (non-hydrogen) atoms. The Balaban J connectivity index is 1.83. The second-order valence-electron chi connectivity index (χ2n) is 6.25. The molecule has 0 aliphatic rings. The number of aromatic nitrogens is 3. The van der Waals surface area contributed by atoms with Crippen LogP contribution in [0.15, 0.2) is 82.5 Å². The molecule has 0 aliphatic heterocycles. The van der Waals surface area contributed by atoms with Crippen LogP contribution in [0.5, 0.6) is 0 Å². The second kappa shape index (κ2) is 7.51. The van der Waals surface area contributed by atoms with Gasteiger partial charge in [-0.2, -0.15) is 0 Å². The highest BCUT2D eigenvalue weighted by molar-refractivity contribution is 5.90. The lowest BCUT2D eigenvalue weighted by molar-refractivity contribution is -0.116. The van der Waals surface area contributed by atoms with E-state index in [0.717, 1.165) is 4.57 Å². The van der Waals surface area contributed by atoms with E-state index in [1.54, 1.807) is 42.5 Å². The minimum absolute atomic E-state index is 0.0311. The summed E-state index contributed by atoms with van der Waals surface area (Å²) < 4.78 is 15.9. The lowest BCUT2D eigenvalue weighted by Gasteiger charge is -2.13. The molecular formula is C21H15FN4O3. The molecule has 0 fully saturated rings. The molecule has 0 radical (unpaired) electrons. The lowest BCUT2D eigenvalue weighted by atomic mass is 10.2. The molecule has 7 nitrogen and oxygen atoms in total. The Morgan fingerprint density at radius 3 is 2.45 bits per heavy atom. The third-order valence-electron chi connectivity index (χ3n) is 4.36. The first-order chi connectivity index (χ1) is 14.1. The van der Waals surface area contributed by atoms with Crippen LogP contribution >= 0.6 is 0 Å². The first-order valence-corrected chi connectivity index (χ1v) is 8.76. The summed E-state index contributed by atoms with van der Waals surface area (Å²) in [7, 11) is 0. The minimum Gasteiger partial charge on any atom is -0.322 e. The van der Waals surface area contributed by atoms with Gasteiger partial charge in [0.15, 0.2) is 5.65 Å². The number of benzene rings is 2. The first-order valence-electron chi connectivity index (χ1n) is 8.76. The molecule has 2 heterocycles. The zero-order valence-electron chi connectivity index (χ0n) is 15.1. The molecule has 4 rings (SSSR count). The van der Waals surface area contributed by atoms with Crippen molar-refractivity contribution in [1.82, 2.24) is 14.1 Å². The molecule has 0 atom stereocenters. The van der Waals surface area contributed by atoms with E-state index >= 15 is 0 Å². The van der Waals surface area contributed by atoms with Gasteiger partial charge >= 0.3 is 5.69 Å². The van der Waals surface area contributed by atoms with Crippen molar-refractivity contribution in [3.05, 3.63) is 99.6 Å². The minimum atomic E-state index is -0.712. The number of fused-ring (bicyclic) bond motifs is 1. The summed E-state index contributed by atoms with van der Waals surface area (Å²) in [6.45, 7) is -0.566. The van der Waals surface area contributed by atoms with Gasteiger partial charge in [0.05, 0.1) is 16.8 Å². The van der Waals surface area contributed by atoms with Crippen molar-refractivity contribution in [2.75, 3.05) is 5.32 Å². The molecule has 0 saturated carbocycles. The van der Waals surface area contributed by atoms with Gasteiger partial charge in [-0.3, -0.25) is 9.59 Å². The zero-order chi connectivity index (χ0) is 20.4. The first kappa shape index (κ1) is 18.3. The Morgan fingerprint density at radius 1 is 0.966 bits per heavy atom. The van der Waals surface area contributed by atoms with Crippen molar-refractivity contribution < 1.29 is 9.18 Å². The maximum Gasteiger partial charge on any atom is 0.337 e. The van der Waals surface area contributed by atoms with Crippen LogP contribution in [0.2, 0.25) is 0 Å². The second-order valence-corrected chi connectivity index (χ2v) is 6.25. The molecule has 1 N–H and O–H groups in total. The number of rotatable bonds is 4. The van der Waals surface area contributed by atoms with E-state index in [4.69, 9.17) is 0 Å². The number of anilines is 1. The molecule has 0 aliphatic carbocycles. The predicted molar refractivity (Wildman–Crippen MR) is 107 cm³/mol. The van der Waals surface area contributed by atoms with E-state index in [-0.39, 0.29) is 16.7 Å². The average Bonchev–Trinajstić information content (AvgIpc) is 2.74. The third kappa shape index (κ3) is 3.43. The number of hydrogen-bond acceptors (Lipinski definition) is 4. The fraction of sp³-hybridized carbons (Fsp3) is 0.0476. The van der Waals surface area contributed by atoms with Gasteiger partial charge in [0.2, 0.25) is 5.91 Å². The molecule has 0 bridgehead atoms. The van der Waals surface area contributed by atoms with Gasteiger partial charge in [0.25, 0.3) is 5.56 Å². The Labute approximate surface area is 163 Å². The molecule has 2 aromatic carbocycles. The number of para-hydroxylation sites is 2. The van der Waals surface area contributed by atoms with Crippen molar-refractivity contribution in [3.63, 3.8) is 0 Å². The van der Waals surface area contributed by atoms with Crippen molar-refractivity contribution in [3.8, 4) is 5.69 Å². The highest BCUT2D eigenvalue weighted by Gasteiger charge is 2.17. The molecule has 144 valence electrons. The quantitative estimate of drug-likeness (QED) is 0.580. The van der Waals surface area contributed by atoms with E-state index in [9.17, 15) is 18.8 Å². The molecular weight excluding hydrogens is 375 g/mol. The number of carbonyl (C=O) groups is 1. The Hall–Kier alpha value is -4.07. The number of carbonyl (C=O) groups excluding carboxylic acids is 1. The topological polar surface area (TPSA) is 86.0 Å². The van der Waals surface area contributed by atoms with E-state index in [1.807, 2.05) is 0 Å². The molecule has 8 heteroatoms. The van der Waals surface area contributed by atoms with Crippen molar-refractivity contribution in [2.45, 2.75) is 6.54 Å². The summed E-state index contributed by atoms with van der Waals surface area (Å²) in [5, 5.41) is 2.57. The van der Waals surface area contributed by atoms with Crippen LogP contribution in [0.1, 0.15) is 0 Å². The molecule has 0 saturated heterocycles. The lowest BCUT2D eigenvalue weighted by Crippen LogP contribution is -2.42. The standard InChI is InChI=1S/C21H15FN4O3/c22-16-10-4-5-11-17(16)24-18(27)13-25-20(28)15-9-6-12-23-19(15)26(21(25)29)14-7-2-1-3-8-14/h1-12H,13H2,(H,24,27). The number of amides is 1. The van der Waals surface area contributed by atoms with Crippen LogP contribution in [-0.4, -0.2) is 20.0 Å². The molecule has 0 spiro atoms. The summed E-state index contributed by atoms with van der Waals surface area (Å²) in [4.78, 5) is 42.5. The SMILES string of the molecule is O=C(Cn1c(=O)c2cccnc2n(-c2ccccc2)c1=O)Nc1ccccc1F. The summed E-state index contributed by atoms with van der Waals surface area (Å²) in [6.07, 6.45) is 1.48. The number of hydrogen-bond donors (Lipinski definition) is 1. The maximum atomic E-state index is 13.8. The predicted octanol–water partition coefficient (Wildman–Crippen LogP) is 2.33. The Bertz CT molecular complexity index is 1330. The van der Waals surface area contributed by atoms with E-state index < -0.39 is 29.5 Å². The normalized spacial score (nSPS) is 10.8. The smallest absolute Gasteiger partial charge is 0.322 e. The van der Waals surface area contributed by atoms with Crippen LogP contribution in [0, 0.1) is 5.82 Å². The van der Waals surface area contributed by atoms with Gasteiger partial charge in [0.1, 0.15) is 12.4 Å². The van der Waals surface area contributed by atoms with Crippen LogP contribution in [0.25, 0.3) is 16.7 Å². The Morgan fingerprint density at radius 2 is 1.69 bits per heavy atom. The average molecular weight is 390 g/mol. The maximum absolute atomic E-state index is 13.8. The van der Waals surface area contributed by atoms with Crippen molar-refractivity contribution in [2.24, 2.45) is 0 Å². The van der Waals surface area contributed by atoms with Crippen molar-refractivity contribution >= 4 is 22.6 Å². The highest BCUT2D eigenvalue weighted by atomic mass is 19.1. The summed E-state index contributed by atoms with van der Waals surface area (Å²) in [5.74, 6) is -1.31. The molecule has 0 unspecified atom stereocenters. The largest absolute Gasteiger partial charge is 0.337 e. The summed E-state index contributed by atoms with van der Waals surface area (Å²) >= 11 is 0. The number of nitrogens with one attached hydrogen (secondary N) is 1. The van der Waals surface area contributed by atoms with Gasteiger partial charge < -0.3 is 5.32 Å². The molecule has 1 amide bonds. The fourth-order valence-corrected chi connectivity index (χ4v) is 3.03. The fourth-order valence-electron chi connectivity index (χ4n) is 3.03. The van der Waals surface area contributed by atoms with Gasteiger partial charge in [-0.15, -0.1) is 0 Å². The monoisotopic (exact) mass is 390 g/mol. The molecule has 2 aromatic heterocycles. The highest BCUT2D eigenvalue weighted by Crippen LogP contribution is 2.13. The van der Waals surface area contributed by atoms with E-state index in [2.05, 4.69) is 10.3 Å². The molecule has 4 aromatic rings. The number of nitrogens with zero attached hydrogens (tertiary/aromatic N) is 3.